The summed E-state index contributed by atoms with van der Waals surface area (Å²) in [6.07, 6.45) is 1.68. The first-order valence-electron chi connectivity index (χ1n) is 10.9. The van der Waals surface area contributed by atoms with E-state index in [9.17, 15) is 14.4 Å². The topological polar surface area (TPSA) is 87.7 Å². The minimum atomic E-state index is -0.830. The van der Waals surface area contributed by atoms with Crippen LogP contribution in [0.25, 0.3) is 0 Å². The molecule has 0 spiro atoms. The Kier molecular flexibility index (Phi) is 6.65. The Balaban J connectivity index is 1.61. The van der Waals surface area contributed by atoms with Crippen molar-refractivity contribution in [1.82, 2.24) is 10.2 Å². The van der Waals surface area contributed by atoms with Gasteiger partial charge in [0.15, 0.2) is 12.1 Å². The first kappa shape index (κ1) is 22.1. The molecule has 2 aromatic rings. The molecule has 2 fully saturated rings. The van der Waals surface area contributed by atoms with Crippen LogP contribution in [0.5, 0.6) is 0 Å². The lowest BCUT2D eigenvalue weighted by molar-refractivity contribution is -0.126. The number of nitrogens with zero attached hydrogens (tertiary/aromatic N) is 1. The van der Waals surface area contributed by atoms with Crippen molar-refractivity contribution in [3.63, 3.8) is 0 Å². The molecule has 2 unspecified atom stereocenters. The SMILES string of the molecule is CCCC(=O)Nc1cccc(C2OC(=O)N(Cc3cccc(Cl)c3)C2C(=O)NC2CC2)c1. The van der Waals surface area contributed by atoms with Gasteiger partial charge in [0, 0.05) is 23.2 Å². The van der Waals surface area contributed by atoms with Gasteiger partial charge in [-0.25, -0.2) is 4.79 Å². The Morgan fingerprint density at radius 1 is 1.16 bits per heavy atom. The van der Waals surface area contributed by atoms with Gasteiger partial charge in [-0.15, -0.1) is 0 Å². The zero-order valence-corrected chi connectivity index (χ0v) is 18.6. The van der Waals surface area contributed by atoms with E-state index in [2.05, 4.69) is 10.6 Å². The van der Waals surface area contributed by atoms with E-state index in [0.717, 1.165) is 24.8 Å². The highest BCUT2D eigenvalue weighted by Crippen LogP contribution is 2.36. The fraction of sp³-hybridized carbons (Fsp3) is 0.375. The summed E-state index contributed by atoms with van der Waals surface area (Å²) in [7, 11) is 0. The van der Waals surface area contributed by atoms with E-state index in [4.69, 9.17) is 16.3 Å². The quantitative estimate of drug-likeness (QED) is 0.616. The maximum atomic E-state index is 13.2. The normalized spacial score (nSPS) is 20.1. The van der Waals surface area contributed by atoms with Crippen LogP contribution in [0.2, 0.25) is 5.02 Å². The van der Waals surface area contributed by atoms with Crippen LogP contribution in [-0.4, -0.2) is 34.9 Å². The Hall–Kier alpha value is -3.06. The first-order chi connectivity index (χ1) is 15.4. The average Bonchev–Trinajstić information content (AvgIpc) is 3.50. The molecule has 2 aromatic carbocycles. The van der Waals surface area contributed by atoms with Crippen LogP contribution in [0, 0.1) is 0 Å². The summed E-state index contributed by atoms with van der Waals surface area (Å²) >= 11 is 6.10. The maximum Gasteiger partial charge on any atom is 0.411 e. The third kappa shape index (κ3) is 5.22. The summed E-state index contributed by atoms with van der Waals surface area (Å²) in [5.74, 6) is -0.329. The number of carbonyl (C=O) groups excluding carboxylic acids is 3. The van der Waals surface area contributed by atoms with E-state index in [1.807, 2.05) is 13.0 Å². The highest BCUT2D eigenvalue weighted by Gasteiger charge is 2.48. The van der Waals surface area contributed by atoms with Crippen molar-refractivity contribution < 1.29 is 19.1 Å². The first-order valence-corrected chi connectivity index (χ1v) is 11.2. The number of ether oxygens (including phenoxy) is 1. The molecule has 1 saturated carbocycles. The second kappa shape index (κ2) is 9.61. The molecule has 2 aliphatic rings. The molecular weight excluding hydrogens is 430 g/mol. The largest absolute Gasteiger partial charge is 0.438 e. The molecule has 3 amide bonds. The predicted molar refractivity (Wildman–Crippen MR) is 121 cm³/mol. The zero-order chi connectivity index (χ0) is 22.7. The van der Waals surface area contributed by atoms with Gasteiger partial charge in [0.2, 0.25) is 11.8 Å². The number of amides is 3. The monoisotopic (exact) mass is 455 g/mol. The number of nitrogens with one attached hydrogen (secondary N) is 2. The molecule has 2 N–H and O–H groups in total. The number of hydrogen-bond acceptors (Lipinski definition) is 4. The fourth-order valence-electron chi connectivity index (χ4n) is 3.80. The molecule has 8 heteroatoms. The number of hydrogen-bond donors (Lipinski definition) is 2. The molecule has 0 bridgehead atoms. The third-order valence-corrected chi connectivity index (χ3v) is 5.73. The third-order valence-electron chi connectivity index (χ3n) is 5.50. The van der Waals surface area contributed by atoms with Crippen molar-refractivity contribution in [2.45, 2.75) is 57.3 Å². The second-order valence-corrected chi connectivity index (χ2v) is 8.65. The Labute approximate surface area is 192 Å². The lowest BCUT2D eigenvalue weighted by Crippen LogP contribution is -2.46. The van der Waals surface area contributed by atoms with E-state index >= 15 is 0 Å². The van der Waals surface area contributed by atoms with E-state index in [1.165, 1.54) is 4.90 Å². The number of rotatable bonds is 8. The molecule has 0 radical (unpaired) electrons. The molecule has 1 aliphatic carbocycles. The maximum absolute atomic E-state index is 13.2. The van der Waals surface area contributed by atoms with Gasteiger partial charge in [-0.05, 0) is 54.7 Å². The van der Waals surface area contributed by atoms with E-state index in [1.54, 1.807) is 42.5 Å². The van der Waals surface area contributed by atoms with Crippen LogP contribution >= 0.6 is 11.6 Å². The van der Waals surface area contributed by atoms with Gasteiger partial charge < -0.3 is 15.4 Å². The minimum absolute atomic E-state index is 0.0846. The van der Waals surface area contributed by atoms with Crippen LogP contribution in [0.1, 0.15) is 49.8 Å². The lowest BCUT2D eigenvalue weighted by atomic mass is 10.00. The zero-order valence-electron chi connectivity index (χ0n) is 17.8. The van der Waals surface area contributed by atoms with Gasteiger partial charge in [-0.1, -0.05) is 42.8 Å². The van der Waals surface area contributed by atoms with Crippen molar-refractivity contribution in [1.29, 1.82) is 0 Å². The van der Waals surface area contributed by atoms with E-state index in [0.29, 0.717) is 22.7 Å². The number of halogens is 1. The van der Waals surface area contributed by atoms with Crippen molar-refractivity contribution >= 4 is 35.2 Å². The van der Waals surface area contributed by atoms with Crippen molar-refractivity contribution in [2.24, 2.45) is 0 Å². The summed E-state index contributed by atoms with van der Waals surface area (Å²) < 4.78 is 5.69. The standard InChI is InChI=1S/C24H26ClN3O4/c1-2-5-20(29)26-19-9-4-7-16(13-19)22-21(23(30)27-18-10-11-18)28(24(31)32-22)14-15-6-3-8-17(25)12-15/h3-4,6-9,12-13,18,21-22H,2,5,10-11,14H2,1H3,(H,26,29)(H,27,30). The van der Waals surface area contributed by atoms with Gasteiger partial charge in [-0.3, -0.25) is 14.5 Å². The van der Waals surface area contributed by atoms with Gasteiger partial charge in [0.1, 0.15) is 0 Å². The average molecular weight is 456 g/mol. The molecule has 7 nitrogen and oxygen atoms in total. The van der Waals surface area contributed by atoms with E-state index < -0.39 is 18.2 Å². The van der Waals surface area contributed by atoms with Gasteiger partial charge in [-0.2, -0.15) is 0 Å². The van der Waals surface area contributed by atoms with Crippen molar-refractivity contribution in [3.05, 3.63) is 64.7 Å². The molecule has 2 atom stereocenters. The second-order valence-electron chi connectivity index (χ2n) is 8.21. The van der Waals surface area contributed by atoms with Gasteiger partial charge in [0.25, 0.3) is 0 Å². The Bertz CT molecular complexity index is 1020. The fourth-order valence-corrected chi connectivity index (χ4v) is 4.01. The van der Waals surface area contributed by atoms with Crippen LogP contribution in [0.4, 0.5) is 10.5 Å². The molecule has 0 aromatic heterocycles. The van der Waals surface area contributed by atoms with Gasteiger partial charge >= 0.3 is 6.09 Å². The van der Waals surface area contributed by atoms with Crippen LogP contribution in [-0.2, 0) is 20.9 Å². The molecule has 1 heterocycles. The van der Waals surface area contributed by atoms with Crippen LogP contribution in [0.15, 0.2) is 48.5 Å². The van der Waals surface area contributed by atoms with E-state index in [-0.39, 0.29) is 24.4 Å². The van der Waals surface area contributed by atoms with Crippen molar-refractivity contribution in [3.8, 4) is 0 Å². The number of benzene rings is 2. The highest BCUT2D eigenvalue weighted by molar-refractivity contribution is 6.30. The summed E-state index contributed by atoms with van der Waals surface area (Å²) in [5.41, 5.74) is 2.06. The van der Waals surface area contributed by atoms with Crippen LogP contribution < -0.4 is 10.6 Å². The molecule has 1 aliphatic heterocycles. The van der Waals surface area contributed by atoms with Crippen LogP contribution in [0.3, 0.4) is 0 Å². The lowest BCUT2D eigenvalue weighted by Gasteiger charge is -2.24. The summed E-state index contributed by atoms with van der Waals surface area (Å²) in [4.78, 5) is 39.4. The van der Waals surface area contributed by atoms with Crippen molar-refractivity contribution in [2.75, 3.05) is 5.32 Å². The number of cyclic esters (lactones) is 1. The smallest absolute Gasteiger partial charge is 0.411 e. The summed E-state index contributed by atoms with van der Waals surface area (Å²) in [6, 6.07) is 13.6. The molecule has 32 heavy (non-hydrogen) atoms. The molecular formula is C24H26ClN3O4. The predicted octanol–water partition coefficient (Wildman–Crippen LogP) is 4.42. The molecule has 168 valence electrons. The Morgan fingerprint density at radius 2 is 1.94 bits per heavy atom. The number of carbonyl (C=O) groups is 3. The minimum Gasteiger partial charge on any atom is -0.438 e. The molecule has 1 saturated heterocycles. The van der Waals surface area contributed by atoms with Gasteiger partial charge in [0.05, 0.1) is 6.54 Å². The Morgan fingerprint density at radius 3 is 2.66 bits per heavy atom. The number of anilines is 1. The molecule has 4 rings (SSSR count). The highest BCUT2D eigenvalue weighted by atomic mass is 35.5. The summed E-state index contributed by atoms with van der Waals surface area (Å²) in [6.45, 7) is 2.14. The summed E-state index contributed by atoms with van der Waals surface area (Å²) in [5, 5.41) is 6.41.